The number of rotatable bonds is 2. The van der Waals surface area contributed by atoms with E-state index in [1.807, 2.05) is 6.92 Å². The van der Waals surface area contributed by atoms with Crippen molar-refractivity contribution in [1.29, 1.82) is 0 Å². The number of hydrogen-bond donors (Lipinski definition) is 2. The van der Waals surface area contributed by atoms with E-state index in [9.17, 15) is 13.2 Å². The number of carboxylic acids is 1. The van der Waals surface area contributed by atoms with E-state index in [0.717, 1.165) is 18.5 Å². The molecule has 1 aromatic heterocycles. The zero-order chi connectivity index (χ0) is 17.0. The maximum Gasteiger partial charge on any atom is 0.490 e. The second-order valence-corrected chi connectivity index (χ2v) is 5.65. The average molecular weight is 333 g/mol. The van der Waals surface area contributed by atoms with Crippen LogP contribution in [0.5, 0.6) is 5.88 Å². The van der Waals surface area contributed by atoms with Gasteiger partial charge in [0.15, 0.2) is 0 Å². The Morgan fingerprint density at radius 3 is 2.26 bits per heavy atom. The van der Waals surface area contributed by atoms with Gasteiger partial charge >= 0.3 is 12.1 Å². The highest BCUT2D eigenvalue weighted by Crippen LogP contribution is 2.28. The van der Waals surface area contributed by atoms with Gasteiger partial charge in [-0.15, -0.1) is 0 Å². The number of nitrogens with zero attached hydrogens (tertiary/aromatic N) is 2. The van der Waals surface area contributed by atoms with E-state index < -0.39 is 12.1 Å². The molecule has 1 aromatic rings. The number of piperidine rings is 1. The highest BCUT2D eigenvalue weighted by Gasteiger charge is 2.38. The summed E-state index contributed by atoms with van der Waals surface area (Å²) in [5.74, 6) is -2.09. The third kappa shape index (κ3) is 5.34. The maximum atomic E-state index is 10.6. The summed E-state index contributed by atoms with van der Waals surface area (Å²) in [7, 11) is 0. The van der Waals surface area contributed by atoms with Gasteiger partial charge in [-0.05, 0) is 32.6 Å². The molecule has 2 saturated heterocycles. The number of nitrogens with one attached hydrogen (secondary N) is 1. The van der Waals surface area contributed by atoms with Crippen LogP contribution in [0.25, 0.3) is 0 Å². The second-order valence-electron chi connectivity index (χ2n) is 5.65. The Bertz CT molecular complexity index is 524. The van der Waals surface area contributed by atoms with Crippen LogP contribution in [-0.4, -0.2) is 45.4 Å². The van der Waals surface area contributed by atoms with Gasteiger partial charge in [0.25, 0.3) is 0 Å². The van der Waals surface area contributed by atoms with E-state index in [2.05, 4.69) is 15.3 Å². The SMILES string of the molecule is Cc1cnc(O[C@@H]2C[C@H]3CC[C@@H](C2)N3)cn1.O=C(O)C(F)(F)F. The quantitative estimate of drug-likeness (QED) is 0.862. The largest absolute Gasteiger partial charge is 0.490 e. The molecule has 0 aromatic carbocycles. The molecule has 0 amide bonds. The minimum absolute atomic E-state index is 0.316. The maximum absolute atomic E-state index is 10.6. The molecule has 23 heavy (non-hydrogen) atoms. The van der Waals surface area contributed by atoms with Crippen LogP contribution in [0.2, 0.25) is 0 Å². The number of aryl methyl sites for hydroxylation is 1. The van der Waals surface area contributed by atoms with Gasteiger partial charge in [0.1, 0.15) is 6.10 Å². The number of aliphatic carboxylic acids is 1. The van der Waals surface area contributed by atoms with Gasteiger partial charge in [0, 0.05) is 12.1 Å². The molecule has 2 N–H and O–H groups in total. The molecule has 0 unspecified atom stereocenters. The Morgan fingerprint density at radius 2 is 1.83 bits per heavy atom. The molecule has 9 heteroatoms. The lowest BCUT2D eigenvalue weighted by molar-refractivity contribution is -0.192. The van der Waals surface area contributed by atoms with Gasteiger partial charge < -0.3 is 15.2 Å². The zero-order valence-electron chi connectivity index (χ0n) is 12.5. The Hall–Kier alpha value is -1.90. The summed E-state index contributed by atoms with van der Waals surface area (Å²) in [5.41, 5.74) is 0.928. The third-order valence-corrected chi connectivity index (χ3v) is 3.72. The molecule has 0 saturated carbocycles. The Balaban J connectivity index is 0.000000236. The van der Waals surface area contributed by atoms with Gasteiger partial charge in [-0.1, -0.05) is 0 Å². The molecule has 2 aliphatic heterocycles. The molecule has 3 rings (SSSR count). The minimum atomic E-state index is -5.08. The monoisotopic (exact) mass is 333 g/mol. The van der Waals surface area contributed by atoms with Crippen molar-refractivity contribution < 1.29 is 27.8 Å². The minimum Gasteiger partial charge on any atom is -0.475 e. The number of hydrogen-bond acceptors (Lipinski definition) is 5. The van der Waals surface area contributed by atoms with Crippen molar-refractivity contribution in [3.05, 3.63) is 18.1 Å². The summed E-state index contributed by atoms with van der Waals surface area (Å²) in [5, 5.41) is 10.7. The number of ether oxygens (including phenoxy) is 1. The van der Waals surface area contributed by atoms with Crippen LogP contribution >= 0.6 is 0 Å². The highest BCUT2D eigenvalue weighted by atomic mass is 19.4. The van der Waals surface area contributed by atoms with Crippen molar-refractivity contribution in [2.45, 2.75) is 57.0 Å². The van der Waals surface area contributed by atoms with Crippen LogP contribution in [0.15, 0.2) is 12.4 Å². The molecule has 0 spiro atoms. The van der Waals surface area contributed by atoms with Crippen molar-refractivity contribution in [2.75, 3.05) is 0 Å². The number of alkyl halides is 3. The Kier molecular flexibility index (Phi) is 5.40. The molecule has 0 aliphatic carbocycles. The lowest BCUT2D eigenvalue weighted by Gasteiger charge is -2.28. The number of carboxylic acid groups (broad SMARTS) is 1. The molecule has 3 atom stereocenters. The predicted octanol–water partition coefficient (Wildman–Crippen LogP) is 2.08. The first kappa shape index (κ1) is 17.5. The van der Waals surface area contributed by atoms with Gasteiger partial charge in [-0.2, -0.15) is 13.2 Å². The molecule has 6 nitrogen and oxygen atoms in total. The summed E-state index contributed by atoms with van der Waals surface area (Å²) in [6.45, 7) is 1.93. The van der Waals surface area contributed by atoms with E-state index >= 15 is 0 Å². The lowest BCUT2D eigenvalue weighted by atomic mass is 10.0. The average Bonchev–Trinajstić information content (AvgIpc) is 2.80. The van der Waals surface area contributed by atoms with Crippen LogP contribution in [0.1, 0.15) is 31.4 Å². The van der Waals surface area contributed by atoms with Crippen molar-refractivity contribution >= 4 is 5.97 Å². The Morgan fingerprint density at radius 1 is 1.26 bits per heavy atom. The topological polar surface area (TPSA) is 84.3 Å². The van der Waals surface area contributed by atoms with Crippen molar-refractivity contribution in [3.63, 3.8) is 0 Å². The van der Waals surface area contributed by atoms with Crippen LogP contribution in [0.4, 0.5) is 13.2 Å². The first-order valence-electron chi connectivity index (χ1n) is 7.25. The molecule has 2 aliphatic rings. The summed E-state index contributed by atoms with van der Waals surface area (Å²) in [6, 6.07) is 1.31. The summed E-state index contributed by atoms with van der Waals surface area (Å²) in [6.07, 6.45) is 3.51. The molecular formula is C14H18F3N3O3. The first-order chi connectivity index (χ1) is 10.7. The smallest absolute Gasteiger partial charge is 0.475 e. The normalized spacial score (nSPS) is 26.2. The predicted molar refractivity (Wildman–Crippen MR) is 74.1 cm³/mol. The number of halogens is 3. The van der Waals surface area contributed by atoms with Crippen molar-refractivity contribution in [1.82, 2.24) is 15.3 Å². The number of aromatic nitrogens is 2. The second kappa shape index (κ2) is 7.12. The summed E-state index contributed by atoms with van der Waals surface area (Å²) >= 11 is 0. The first-order valence-corrected chi connectivity index (χ1v) is 7.25. The molecular weight excluding hydrogens is 315 g/mol. The Labute approximate surface area is 131 Å². The number of fused-ring (bicyclic) bond motifs is 2. The van der Waals surface area contributed by atoms with Gasteiger partial charge in [0.05, 0.1) is 18.1 Å². The van der Waals surface area contributed by atoms with Crippen LogP contribution < -0.4 is 10.1 Å². The summed E-state index contributed by atoms with van der Waals surface area (Å²) < 4.78 is 37.6. The van der Waals surface area contributed by atoms with E-state index in [-0.39, 0.29) is 0 Å². The van der Waals surface area contributed by atoms with Gasteiger partial charge in [0.2, 0.25) is 5.88 Å². The fraction of sp³-hybridized carbons (Fsp3) is 0.643. The third-order valence-electron chi connectivity index (χ3n) is 3.72. The van der Waals surface area contributed by atoms with Gasteiger partial charge in [-0.3, -0.25) is 4.98 Å². The number of carbonyl (C=O) groups is 1. The van der Waals surface area contributed by atoms with Crippen molar-refractivity contribution in [2.24, 2.45) is 0 Å². The van der Waals surface area contributed by atoms with E-state index in [4.69, 9.17) is 14.6 Å². The molecule has 128 valence electrons. The van der Waals surface area contributed by atoms with E-state index in [1.165, 1.54) is 12.8 Å². The van der Waals surface area contributed by atoms with E-state index in [0.29, 0.717) is 24.1 Å². The zero-order valence-corrected chi connectivity index (χ0v) is 12.5. The fourth-order valence-electron chi connectivity index (χ4n) is 2.71. The summed E-state index contributed by atoms with van der Waals surface area (Å²) in [4.78, 5) is 17.3. The molecule has 2 fully saturated rings. The molecule has 2 bridgehead atoms. The van der Waals surface area contributed by atoms with Crippen LogP contribution in [-0.2, 0) is 4.79 Å². The van der Waals surface area contributed by atoms with Gasteiger partial charge in [-0.25, -0.2) is 9.78 Å². The molecule has 0 radical (unpaired) electrons. The standard InChI is InChI=1S/C12H17N3O.C2HF3O2/c1-8-6-14-12(7-13-8)16-11-4-9-2-3-10(5-11)15-9;3-2(4,5)1(6)7/h6-7,9-11,15H,2-5H2,1H3;(H,6,7)/t9-,10+,11-;. The lowest BCUT2D eigenvalue weighted by Crippen LogP contribution is -2.42. The van der Waals surface area contributed by atoms with Crippen LogP contribution in [0.3, 0.4) is 0 Å². The van der Waals surface area contributed by atoms with Crippen molar-refractivity contribution in [3.8, 4) is 5.88 Å². The van der Waals surface area contributed by atoms with Crippen LogP contribution in [0, 0.1) is 6.92 Å². The highest BCUT2D eigenvalue weighted by molar-refractivity contribution is 5.73. The molecule has 3 heterocycles. The van der Waals surface area contributed by atoms with E-state index in [1.54, 1.807) is 12.4 Å². The fourth-order valence-corrected chi connectivity index (χ4v) is 2.71.